The van der Waals surface area contributed by atoms with Gasteiger partial charge in [-0.15, -0.1) is 0 Å². The molecule has 2 aromatic carbocycles. The summed E-state index contributed by atoms with van der Waals surface area (Å²) < 4.78 is 5.10. The molecule has 0 atom stereocenters. The molecule has 0 aromatic heterocycles. The third kappa shape index (κ3) is 2.45. The van der Waals surface area contributed by atoms with E-state index in [0.717, 1.165) is 11.1 Å². The van der Waals surface area contributed by atoms with E-state index in [1.807, 2.05) is 13.8 Å². The van der Waals surface area contributed by atoms with Crippen LogP contribution in [-0.2, 0) is 16.0 Å². The fraction of sp³-hybridized carbons (Fsp3) is 0.227. The lowest BCUT2D eigenvalue weighted by atomic mass is 9.78. The minimum absolute atomic E-state index is 0.165. The van der Waals surface area contributed by atoms with Gasteiger partial charge in [-0.05, 0) is 49.6 Å². The van der Waals surface area contributed by atoms with Crippen LogP contribution >= 0.6 is 0 Å². The van der Waals surface area contributed by atoms with Crippen molar-refractivity contribution in [2.45, 2.75) is 33.6 Å². The second kappa shape index (κ2) is 6.05. The lowest BCUT2D eigenvalue weighted by Gasteiger charge is -2.25. The second-order valence-corrected chi connectivity index (χ2v) is 7.18. The molecule has 0 radical (unpaired) electrons. The Kier molecular flexibility index (Phi) is 3.89. The molecule has 2 aliphatic rings. The van der Waals surface area contributed by atoms with Gasteiger partial charge in [0, 0.05) is 35.6 Å². The SMILES string of the molecule is CC(=O)OC1=Cc2c(O)c3c(c(O)c2CC1)C(=O)c1cc(C)c(C)cc1C3=O. The number of hydrogen-bond donors (Lipinski definition) is 2. The van der Waals surface area contributed by atoms with E-state index < -0.39 is 17.5 Å². The van der Waals surface area contributed by atoms with Crippen LogP contribution in [0.15, 0.2) is 17.9 Å². The molecule has 0 aliphatic heterocycles. The molecule has 2 aliphatic carbocycles. The fourth-order valence-electron chi connectivity index (χ4n) is 3.85. The van der Waals surface area contributed by atoms with E-state index >= 15 is 0 Å². The Morgan fingerprint density at radius 3 is 2.00 bits per heavy atom. The van der Waals surface area contributed by atoms with Crippen LogP contribution in [0.2, 0.25) is 0 Å². The highest BCUT2D eigenvalue weighted by molar-refractivity contribution is 6.30. The molecule has 6 nitrogen and oxygen atoms in total. The summed E-state index contributed by atoms with van der Waals surface area (Å²) in [5.41, 5.74) is 2.32. The average molecular weight is 378 g/mol. The fourth-order valence-corrected chi connectivity index (χ4v) is 3.85. The monoisotopic (exact) mass is 378 g/mol. The number of benzene rings is 2. The topological polar surface area (TPSA) is 101 Å². The maximum atomic E-state index is 13.1. The standard InChI is InChI=1S/C22H18O6/c1-9-6-14-15(7-10(9)2)21(26)18-17(20(14)25)19(24)13-5-4-12(28-11(3)23)8-16(13)22(18)27/h6-8,24,27H,4-5H2,1-3H3. The number of carbonyl (C=O) groups excluding carboxylic acids is 3. The molecule has 0 spiro atoms. The minimum atomic E-state index is -0.517. The van der Waals surface area contributed by atoms with Gasteiger partial charge in [-0.2, -0.15) is 0 Å². The lowest BCUT2D eigenvalue weighted by molar-refractivity contribution is -0.137. The Labute approximate surface area is 161 Å². The zero-order chi connectivity index (χ0) is 20.3. The van der Waals surface area contributed by atoms with Crippen LogP contribution in [0, 0.1) is 13.8 Å². The first-order valence-corrected chi connectivity index (χ1v) is 8.91. The van der Waals surface area contributed by atoms with Crippen molar-refractivity contribution >= 4 is 23.6 Å². The molecule has 0 saturated heterocycles. The van der Waals surface area contributed by atoms with Gasteiger partial charge in [0.25, 0.3) is 0 Å². The van der Waals surface area contributed by atoms with Crippen LogP contribution in [-0.4, -0.2) is 27.7 Å². The summed E-state index contributed by atoms with van der Waals surface area (Å²) in [7, 11) is 0. The number of ketones is 2. The van der Waals surface area contributed by atoms with Crippen LogP contribution in [0.5, 0.6) is 11.5 Å². The zero-order valence-corrected chi connectivity index (χ0v) is 15.7. The summed E-state index contributed by atoms with van der Waals surface area (Å²) in [4.78, 5) is 37.4. The van der Waals surface area contributed by atoms with Gasteiger partial charge >= 0.3 is 5.97 Å². The first-order chi connectivity index (χ1) is 13.2. The quantitative estimate of drug-likeness (QED) is 0.497. The van der Waals surface area contributed by atoms with Gasteiger partial charge in [0.2, 0.25) is 0 Å². The van der Waals surface area contributed by atoms with E-state index in [1.54, 1.807) is 12.1 Å². The van der Waals surface area contributed by atoms with Crippen molar-refractivity contribution in [3.8, 4) is 11.5 Å². The van der Waals surface area contributed by atoms with Gasteiger partial charge < -0.3 is 14.9 Å². The molecule has 0 bridgehead atoms. The smallest absolute Gasteiger partial charge is 0.307 e. The van der Waals surface area contributed by atoms with Crippen molar-refractivity contribution in [3.05, 3.63) is 62.4 Å². The van der Waals surface area contributed by atoms with E-state index in [4.69, 9.17) is 4.74 Å². The number of aryl methyl sites for hydroxylation is 2. The molecule has 0 saturated carbocycles. The zero-order valence-electron chi connectivity index (χ0n) is 15.7. The van der Waals surface area contributed by atoms with Gasteiger partial charge in [0.05, 0.1) is 11.1 Å². The maximum absolute atomic E-state index is 13.1. The summed E-state index contributed by atoms with van der Waals surface area (Å²) in [5, 5.41) is 21.6. The molecular formula is C22H18O6. The highest BCUT2D eigenvalue weighted by atomic mass is 16.5. The van der Waals surface area contributed by atoms with Crippen LogP contribution in [0.1, 0.15) is 67.4 Å². The van der Waals surface area contributed by atoms with E-state index in [0.29, 0.717) is 17.7 Å². The normalized spacial score (nSPS) is 14.8. The minimum Gasteiger partial charge on any atom is -0.507 e. The molecule has 0 fully saturated rings. The molecule has 28 heavy (non-hydrogen) atoms. The van der Waals surface area contributed by atoms with Crippen LogP contribution in [0.25, 0.3) is 6.08 Å². The van der Waals surface area contributed by atoms with Crippen molar-refractivity contribution in [1.29, 1.82) is 0 Å². The number of allylic oxidation sites excluding steroid dienone is 1. The summed E-state index contributed by atoms with van der Waals surface area (Å²) in [6.45, 7) is 4.94. The number of phenolic OH excluding ortho intramolecular Hbond substituents is 2. The maximum Gasteiger partial charge on any atom is 0.307 e. The molecule has 6 heteroatoms. The van der Waals surface area contributed by atoms with Crippen molar-refractivity contribution < 1.29 is 29.3 Å². The summed E-state index contributed by atoms with van der Waals surface area (Å²) >= 11 is 0. The number of fused-ring (bicyclic) bond motifs is 3. The number of esters is 1. The number of rotatable bonds is 1. The Balaban J connectivity index is 1.99. The number of ether oxygens (including phenoxy) is 1. The first kappa shape index (κ1) is 18.0. The Morgan fingerprint density at radius 1 is 0.929 bits per heavy atom. The third-order valence-electron chi connectivity index (χ3n) is 5.37. The molecule has 0 amide bonds. The molecule has 142 valence electrons. The average Bonchev–Trinajstić information content (AvgIpc) is 2.63. The van der Waals surface area contributed by atoms with Crippen LogP contribution < -0.4 is 0 Å². The van der Waals surface area contributed by atoms with E-state index in [-0.39, 0.29) is 45.7 Å². The van der Waals surface area contributed by atoms with Crippen molar-refractivity contribution in [2.75, 3.05) is 0 Å². The first-order valence-electron chi connectivity index (χ1n) is 8.91. The molecule has 0 unspecified atom stereocenters. The predicted molar refractivity (Wildman–Crippen MR) is 101 cm³/mol. The Hall–Kier alpha value is -3.41. The highest BCUT2D eigenvalue weighted by Crippen LogP contribution is 2.46. The number of hydrogen-bond acceptors (Lipinski definition) is 6. The molecule has 0 heterocycles. The van der Waals surface area contributed by atoms with E-state index in [2.05, 4.69) is 0 Å². The van der Waals surface area contributed by atoms with Crippen LogP contribution in [0.3, 0.4) is 0 Å². The van der Waals surface area contributed by atoms with Gasteiger partial charge in [-0.3, -0.25) is 14.4 Å². The molecule has 2 aromatic rings. The van der Waals surface area contributed by atoms with Gasteiger partial charge in [0.1, 0.15) is 17.3 Å². The Morgan fingerprint density at radius 2 is 1.46 bits per heavy atom. The molecular weight excluding hydrogens is 360 g/mol. The number of carbonyl (C=O) groups is 3. The molecule has 2 N–H and O–H groups in total. The lowest BCUT2D eigenvalue weighted by Crippen LogP contribution is -2.23. The summed E-state index contributed by atoms with van der Waals surface area (Å²) in [5.74, 6) is -1.86. The number of phenols is 2. The van der Waals surface area contributed by atoms with Gasteiger partial charge in [-0.1, -0.05) is 0 Å². The summed E-state index contributed by atoms with van der Waals surface area (Å²) in [6.07, 6.45) is 2.03. The summed E-state index contributed by atoms with van der Waals surface area (Å²) in [6, 6.07) is 3.27. The predicted octanol–water partition coefficient (Wildman–Crippen LogP) is 3.34. The third-order valence-corrected chi connectivity index (χ3v) is 5.37. The Bertz CT molecular complexity index is 1140. The second-order valence-electron chi connectivity index (χ2n) is 7.18. The van der Waals surface area contributed by atoms with Crippen molar-refractivity contribution in [2.24, 2.45) is 0 Å². The highest BCUT2D eigenvalue weighted by Gasteiger charge is 2.38. The number of aromatic hydroxyl groups is 2. The van der Waals surface area contributed by atoms with E-state index in [1.165, 1.54) is 13.0 Å². The van der Waals surface area contributed by atoms with Crippen molar-refractivity contribution in [3.63, 3.8) is 0 Å². The van der Waals surface area contributed by atoms with Gasteiger partial charge in [-0.25, -0.2) is 0 Å². The molecule has 4 rings (SSSR count). The van der Waals surface area contributed by atoms with Gasteiger partial charge in [0.15, 0.2) is 11.6 Å². The van der Waals surface area contributed by atoms with Crippen LogP contribution in [0.4, 0.5) is 0 Å². The van der Waals surface area contributed by atoms with E-state index in [9.17, 15) is 24.6 Å². The largest absolute Gasteiger partial charge is 0.507 e. The van der Waals surface area contributed by atoms with Crippen molar-refractivity contribution in [1.82, 2.24) is 0 Å².